The molecule has 0 atom stereocenters. The van der Waals surface area contributed by atoms with Crippen LogP contribution in [0.5, 0.6) is 0 Å². The summed E-state index contributed by atoms with van der Waals surface area (Å²) in [6.07, 6.45) is 4.82. The third-order valence-electron chi connectivity index (χ3n) is 3.53. The van der Waals surface area contributed by atoms with Crippen LogP contribution in [0.15, 0.2) is 24.3 Å². The molecule has 3 heteroatoms. The number of aryl methyl sites for hydroxylation is 1. The van der Waals surface area contributed by atoms with E-state index in [9.17, 15) is 4.79 Å². The molecule has 98 valence electrons. The van der Waals surface area contributed by atoms with Crippen LogP contribution in [-0.2, 0) is 4.79 Å². The Kier molecular flexibility index (Phi) is 4.62. The summed E-state index contributed by atoms with van der Waals surface area (Å²) in [4.78, 5) is 14.1. The third kappa shape index (κ3) is 3.49. The highest BCUT2D eigenvalue weighted by molar-refractivity contribution is 5.81. The van der Waals surface area contributed by atoms with Gasteiger partial charge >= 0.3 is 0 Å². The monoisotopic (exact) mass is 246 g/mol. The molecule has 0 aliphatic carbocycles. The predicted octanol–water partition coefficient (Wildman–Crippen LogP) is 2.81. The highest BCUT2D eigenvalue weighted by Crippen LogP contribution is 2.13. The lowest BCUT2D eigenvalue weighted by atomic mass is 10.2. The van der Waals surface area contributed by atoms with Crippen LogP contribution in [-0.4, -0.2) is 30.4 Å². The fourth-order valence-electron chi connectivity index (χ4n) is 2.37. The molecule has 1 N–H and O–H groups in total. The predicted molar refractivity (Wildman–Crippen MR) is 74.7 cm³/mol. The van der Waals surface area contributed by atoms with Gasteiger partial charge in [-0.05, 0) is 31.4 Å². The highest BCUT2D eigenvalue weighted by atomic mass is 16.2. The fourth-order valence-corrected chi connectivity index (χ4v) is 2.37. The van der Waals surface area contributed by atoms with E-state index >= 15 is 0 Å². The van der Waals surface area contributed by atoms with Crippen molar-refractivity contribution in [2.24, 2.45) is 0 Å². The topological polar surface area (TPSA) is 32.3 Å². The maximum atomic E-state index is 12.1. The Morgan fingerprint density at radius 3 is 2.50 bits per heavy atom. The molecular formula is C15H22N2O. The number of anilines is 1. The minimum Gasteiger partial charge on any atom is -0.376 e. The number of carbonyl (C=O) groups is 1. The Labute approximate surface area is 109 Å². The quantitative estimate of drug-likeness (QED) is 0.889. The van der Waals surface area contributed by atoms with Gasteiger partial charge in [0.15, 0.2) is 0 Å². The summed E-state index contributed by atoms with van der Waals surface area (Å²) in [6, 6.07) is 8.08. The van der Waals surface area contributed by atoms with Crippen LogP contribution in [0.25, 0.3) is 0 Å². The summed E-state index contributed by atoms with van der Waals surface area (Å²) < 4.78 is 0. The van der Waals surface area contributed by atoms with Gasteiger partial charge in [0.25, 0.3) is 0 Å². The molecule has 0 unspecified atom stereocenters. The number of amides is 1. The van der Waals surface area contributed by atoms with Crippen molar-refractivity contribution in [3.8, 4) is 0 Å². The van der Waals surface area contributed by atoms with Crippen LogP contribution in [0.2, 0.25) is 0 Å². The van der Waals surface area contributed by atoms with Crippen LogP contribution in [0.3, 0.4) is 0 Å². The summed E-state index contributed by atoms with van der Waals surface area (Å²) in [5, 5.41) is 3.24. The number of para-hydroxylation sites is 1. The number of likely N-dealkylation sites (tertiary alicyclic amines) is 1. The van der Waals surface area contributed by atoms with Gasteiger partial charge in [-0.2, -0.15) is 0 Å². The van der Waals surface area contributed by atoms with E-state index in [1.54, 1.807) is 0 Å². The highest BCUT2D eigenvalue weighted by Gasteiger charge is 2.14. The number of rotatable bonds is 3. The van der Waals surface area contributed by atoms with Gasteiger partial charge in [0.05, 0.1) is 6.54 Å². The first kappa shape index (κ1) is 12.9. The largest absolute Gasteiger partial charge is 0.376 e. The Bertz CT molecular complexity index is 395. The normalized spacial score (nSPS) is 16.2. The number of nitrogens with zero attached hydrogens (tertiary/aromatic N) is 1. The SMILES string of the molecule is Cc1ccccc1NCC(=O)N1CCCCCC1. The zero-order valence-electron chi connectivity index (χ0n) is 11.1. The Balaban J connectivity index is 1.86. The van der Waals surface area contributed by atoms with Crippen molar-refractivity contribution < 1.29 is 4.79 Å². The summed E-state index contributed by atoms with van der Waals surface area (Å²) in [7, 11) is 0. The molecule has 0 radical (unpaired) electrons. The van der Waals surface area contributed by atoms with E-state index < -0.39 is 0 Å². The van der Waals surface area contributed by atoms with E-state index in [-0.39, 0.29) is 5.91 Å². The van der Waals surface area contributed by atoms with Crippen molar-refractivity contribution in [2.45, 2.75) is 32.6 Å². The maximum Gasteiger partial charge on any atom is 0.241 e. The molecule has 1 heterocycles. The van der Waals surface area contributed by atoms with Crippen molar-refractivity contribution in [1.82, 2.24) is 4.90 Å². The van der Waals surface area contributed by atoms with Gasteiger partial charge in [-0.3, -0.25) is 4.79 Å². The minimum atomic E-state index is 0.222. The van der Waals surface area contributed by atoms with E-state index in [2.05, 4.69) is 18.3 Å². The van der Waals surface area contributed by atoms with Crippen molar-refractivity contribution >= 4 is 11.6 Å². The average molecular weight is 246 g/mol. The van der Waals surface area contributed by atoms with Crippen molar-refractivity contribution in [1.29, 1.82) is 0 Å². The molecule has 1 aromatic carbocycles. The zero-order valence-corrected chi connectivity index (χ0v) is 11.1. The zero-order chi connectivity index (χ0) is 12.8. The van der Waals surface area contributed by atoms with E-state index in [0.29, 0.717) is 6.54 Å². The molecule has 2 rings (SSSR count). The molecule has 1 amide bonds. The molecule has 18 heavy (non-hydrogen) atoms. The van der Waals surface area contributed by atoms with Crippen molar-refractivity contribution in [2.75, 3.05) is 25.0 Å². The smallest absolute Gasteiger partial charge is 0.241 e. The van der Waals surface area contributed by atoms with Crippen molar-refractivity contribution in [3.63, 3.8) is 0 Å². The van der Waals surface area contributed by atoms with Gasteiger partial charge in [-0.1, -0.05) is 31.0 Å². The lowest BCUT2D eigenvalue weighted by molar-refractivity contribution is -0.129. The first-order valence-electron chi connectivity index (χ1n) is 6.84. The van der Waals surface area contributed by atoms with Gasteiger partial charge < -0.3 is 10.2 Å². The second-order valence-electron chi connectivity index (χ2n) is 4.96. The van der Waals surface area contributed by atoms with E-state index in [1.165, 1.54) is 18.4 Å². The van der Waals surface area contributed by atoms with Crippen LogP contribution in [0.1, 0.15) is 31.2 Å². The molecule has 3 nitrogen and oxygen atoms in total. The summed E-state index contributed by atoms with van der Waals surface area (Å²) >= 11 is 0. The number of benzene rings is 1. The van der Waals surface area contributed by atoms with E-state index in [4.69, 9.17) is 0 Å². The molecule has 1 aliphatic heterocycles. The van der Waals surface area contributed by atoms with Gasteiger partial charge in [0, 0.05) is 18.8 Å². The number of nitrogens with one attached hydrogen (secondary N) is 1. The molecule has 0 bridgehead atoms. The average Bonchev–Trinajstić information content (AvgIpc) is 2.66. The van der Waals surface area contributed by atoms with Gasteiger partial charge in [0.1, 0.15) is 0 Å². The molecule has 1 saturated heterocycles. The van der Waals surface area contributed by atoms with E-state index in [1.807, 2.05) is 23.1 Å². The summed E-state index contributed by atoms with van der Waals surface area (Å²) in [5.41, 5.74) is 2.24. The minimum absolute atomic E-state index is 0.222. The van der Waals surface area contributed by atoms with E-state index in [0.717, 1.165) is 31.6 Å². The summed E-state index contributed by atoms with van der Waals surface area (Å²) in [5.74, 6) is 0.222. The number of hydrogen-bond donors (Lipinski definition) is 1. The van der Waals surface area contributed by atoms with Gasteiger partial charge in [0.2, 0.25) is 5.91 Å². The summed E-state index contributed by atoms with van der Waals surface area (Å²) in [6.45, 7) is 4.31. The first-order valence-corrected chi connectivity index (χ1v) is 6.84. The first-order chi connectivity index (χ1) is 8.77. The molecule has 1 aliphatic rings. The third-order valence-corrected chi connectivity index (χ3v) is 3.53. The van der Waals surface area contributed by atoms with Crippen LogP contribution in [0.4, 0.5) is 5.69 Å². The lowest BCUT2D eigenvalue weighted by Gasteiger charge is -2.21. The Morgan fingerprint density at radius 1 is 1.17 bits per heavy atom. The molecule has 1 fully saturated rings. The molecule has 0 aromatic heterocycles. The Morgan fingerprint density at radius 2 is 1.83 bits per heavy atom. The van der Waals surface area contributed by atoms with Crippen LogP contribution < -0.4 is 5.32 Å². The van der Waals surface area contributed by atoms with Gasteiger partial charge in [-0.25, -0.2) is 0 Å². The second-order valence-corrected chi connectivity index (χ2v) is 4.96. The molecule has 0 saturated carbocycles. The Hall–Kier alpha value is -1.51. The standard InChI is InChI=1S/C15H22N2O/c1-13-8-4-5-9-14(13)16-12-15(18)17-10-6-2-3-7-11-17/h4-5,8-9,16H,2-3,6-7,10-12H2,1H3. The second kappa shape index (κ2) is 6.43. The van der Waals surface area contributed by atoms with Crippen molar-refractivity contribution in [3.05, 3.63) is 29.8 Å². The fraction of sp³-hybridized carbons (Fsp3) is 0.533. The molecule has 1 aromatic rings. The van der Waals surface area contributed by atoms with Gasteiger partial charge in [-0.15, -0.1) is 0 Å². The molecule has 0 spiro atoms. The van der Waals surface area contributed by atoms with Crippen LogP contribution >= 0.6 is 0 Å². The molecular weight excluding hydrogens is 224 g/mol. The number of hydrogen-bond acceptors (Lipinski definition) is 2. The lowest BCUT2D eigenvalue weighted by Crippen LogP contribution is -2.36. The number of carbonyl (C=O) groups excluding carboxylic acids is 1. The maximum absolute atomic E-state index is 12.1. The van der Waals surface area contributed by atoms with Crippen LogP contribution in [0, 0.1) is 6.92 Å².